The maximum Gasteiger partial charge on any atom is 0.119 e. The minimum atomic E-state index is 0.613. The molecule has 3 heteroatoms. The Bertz CT molecular complexity index is 586. The van der Waals surface area contributed by atoms with Crippen LogP contribution < -0.4 is 10.1 Å². The maximum absolute atomic E-state index is 5.34. The average molecular weight is 244 g/mol. The molecule has 0 bridgehead atoms. The largest absolute Gasteiger partial charge is 0.497 e. The number of fused-ring (bicyclic) bond motifs is 3. The van der Waals surface area contributed by atoms with Crippen molar-refractivity contribution in [1.82, 2.24) is 9.88 Å². The lowest BCUT2D eigenvalue weighted by atomic mass is 9.92. The monoisotopic (exact) mass is 244 g/mol. The van der Waals surface area contributed by atoms with Gasteiger partial charge in [-0.05, 0) is 43.7 Å². The van der Waals surface area contributed by atoms with E-state index in [1.807, 2.05) is 6.07 Å². The number of methoxy groups -OCH3 is 1. The summed E-state index contributed by atoms with van der Waals surface area (Å²) >= 11 is 0. The summed E-state index contributed by atoms with van der Waals surface area (Å²) in [5.41, 5.74) is 4.30. The Morgan fingerprint density at radius 2 is 2.22 bits per heavy atom. The van der Waals surface area contributed by atoms with Crippen molar-refractivity contribution in [1.29, 1.82) is 0 Å². The molecule has 18 heavy (non-hydrogen) atoms. The van der Waals surface area contributed by atoms with Gasteiger partial charge in [-0.25, -0.2) is 0 Å². The topological polar surface area (TPSA) is 26.2 Å². The lowest BCUT2D eigenvalue weighted by Gasteiger charge is -2.23. The minimum Gasteiger partial charge on any atom is -0.497 e. The highest BCUT2D eigenvalue weighted by atomic mass is 16.5. The molecule has 1 unspecified atom stereocenters. The predicted molar refractivity (Wildman–Crippen MR) is 74.3 cm³/mol. The molecule has 1 aliphatic rings. The van der Waals surface area contributed by atoms with Crippen molar-refractivity contribution in [3.8, 4) is 5.75 Å². The summed E-state index contributed by atoms with van der Waals surface area (Å²) in [5.74, 6) is 0.951. The van der Waals surface area contributed by atoms with Gasteiger partial charge in [0, 0.05) is 36.1 Å². The van der Waals surface area contributed by atoms with Crippen LogP contribution in [0, 0.1) is 0 Å². The first-order chi connectivity index (χ1) is 8.74. The number of hydrogen-bond acceptors (Lipinski definition) is 2. The summed E-state index contributed by atoms with van der Waals surface area (Å²) in [6.07, 6.45) is 3.50. The molecule has 1 aromatic heterocycles. The number of hydrogen-bond donors (Lipinski definition) is 1. The van der Waals surface area contributed by atoms with Crippen LogP contribution in [0.15, 0.2) is 18.2 Å². The van der Waals surface area contributed by atoms with Crippen molar-refractivity contribution < 1.29 is 4.74 Å². The molecule has 1 atom stereocenters. The van der Waals surface area contributed by atoms with Crippen LogP contribution in [0.3, 0.4) is 0 Å². The van der Waals surface area contributed by atoms with E-state index in [0.29, 0.717) is 6.04 Å². The Labute approximate surface area is 108 Å². The van der Waals surface area contributed by atoms with Crippen molar-refractivity contribution in [2.45, 2.75) is 25.3 Å². The van der Waals surface area contributed by atoms with E-state index in [1.54, 1.807) is 7.11 Å². The fraction of sp³-hybridized carbons (Fsp3) is 0.467. The van der Waals surface area contributed by atoms with Gasteiger partial charge in [-0.2, -0.15) is 0 Å². The Hall–Kier alpha value is -1.48. The Morgan fingerprint density at radius 1 is 1.39 bits per heavy atom. The second-order valence-electron chi connectivity index (χ2n) is 5.10. The molecule has 3 nitrogen and oxygen atoms in total. The molecule has 0 saturated heterocycles. The van der Waals surface area contributed by atoms with E-state index < -0.39 is 0 Å². The smallest absolute Gasteiger partial charge is 0.119 e. The van der Waals surface area contributed by atoms with E-state index in [4.69, 9.17) is 4.74 Å². The summed E-state index contributed by atoms with van der Waals surface area (Å²) in [7, 11) is 5.96. The first-order valence-electron chi connectivity index (χ1n) is 6.56. The third kappa shape index (κ3) is 1.62. The Kier molecular flexibility index (Phi) is 2.78. The molecule has 2 aromatic rings. The fourth-order valence-electron chi connectivity index (χ4n) is 3.12. The molecule has 0 radical (unpaired) electrons. The van der Waals surface area contributed by atoms with Gasteiger partial charge in [0.25, 0.3) is 0 Å². The molecule has 0 amide bonds. The number of rotatable bonds is 2. The predicted octanol–water partition coefficient (Wildman–Crippen LogP) is 2.26. The van der Waals surface area contributed by atoms with Gasteiger partial charge in [0.1, 0.15) is 5.75 Å². The number of aromatic nitrogens is 1. The van der Waals surface area contributed by atoms with Crippen molar-refractivity contribution in [2.24, 2.45) is 7.05 Å². The lowest BCUT2D eigenvalue weighted by molar-refractivity contribution is 0.415. The highest BCUT2D eigenvalue weighted by Gasteiger charge is 2.23. The molecule has 3 rings (SSSR count). The second kappa shape index (κ2) is 4.32. The highest BCUT2D eigenvalue weighted by Crippen LogP contribution is 2.33. The molecule has 1 N–H and O–H groups in total. The highest BCUT2D eigenvalue weighted by molar-refractivity contribution is 5.87. The van der Waals surface area contributed by atoms with Gasteiger partial charge in [0.05, 0.1) is 7.11 Å². The molecular formula is C15H20N2O. The van der Waals surface area contributed by atoms with E-state index in [0.717, 1.165) is 18.6 Å². The molecule has 0 aliphatic heterocycles. The van der Waals surface area contributed by atoms with Crippen molar-refractivity contribution in [3.63, 3.8) is 0 Å². The summed E-state index contributed by atoms with van der Waals surface area (Å²) in [4.78, 5) is 0. The van der Waals surface area contributed by atoms with Gasteiger partial charge in [-0.15, -0.1) is 0 Å². The van der Waals surface area contributed by atoms with Crippen LogP contribution in [0.5, 0.6) is 5.75 Å². The molecule has 96 valence electrons. The van der Waals surface area contributed by atoms with Gasteiger partial charge >= 0.3 is 0 Å². The van der Waals surface area contributed by atoms with E-state index in [1.165, 1.54) is 28.6 Å². The summed E-state index contributed by atoms with van der Waals surface area (Å²) in [6.45, 7) is 0. The van der Waals surface area contributed by atoms with Gasteiger partial charge in [-0.1, -0.05) is 0 Å². The van der Waals surface area contributed by atoms with Gasteiger partial charge < -0.3 is 14.6 Å². The molecular weight excluding hydrogens is 224 g/mol. The number of ether oxygens (including phenoxy) is 1. The van der Waals surface area contributed by atoms with Crippen LogP contribution in [0.25, 0.3) is 10.9 Å². The van der Waals surface area contributed by atoms with Crippen LogP contribution >= 0.6 is 0 Å². The number of nitrogens with one attached hydrogen (secondary N) is 1. The van der Waals surface area contributed by atoms with Crippen molar-refractivity contribution in [2.75, 3.05) is 14.2 Å². The Morgan fingerprint density at radius 3 is 2.94 bits per heavy atom. The zero-order valence-corrected chi connectivity index (χ0v) is 11.3. The number of likely N-dealkylation sites (N-methyl/N-ethyl adjacent to an activating group) is 1. The quantitative estimate of drug-likeness (QED) is 0.877. The molecule has 1 heterocycles. The zero-order valence-electron chi connectivity index (χ0n) is 11.3. The number of benzene rings is 1. The molecule has 1 aliphatic carbocycles. The van der Waals surface area contributed by atoms with Crippen LogP contribution in [-0.2, 0) is 19.9 Å². The first kappa shape index (κ1) is 11.6. The van der Waals surface area contributed by atoms with Crippen molar-refractivity contribution in [3.05, 3.63) is 29.5 Å². The summed E-state index contributed by atoms with van der Waals surface area (Å²) in [5, 5.41) is 4.76. The number of nitrogens with zero attached hydrogens (tertiary/aromatic N) is 1. The standard InChI is InChI=1S/C15H20N2O/c1-16-10-4-6-12-13-9-11(18-3)5-7-14(13)17(2)15(12)8-10/h5,7,9-10,16H,4,6,8H2,1-3H3. The van der Waals surface area contributed by atoms with Crippen LogP contribution in [0.4, 0.5) is 0 Å². The van der Waals surface area contributed by atoms with Gasteiger partial charge in [-0.3, -0.25) is 0 Å². The van der Waals surface area contributed by atoms with Crippen LogP contribution in [0.2, 0.25) is 0 Å². The average Bonchev–Trinajstić information content (AvgIpc) is 2.71. The first-order valence-corrected chi connectivity index (χ1v) is 6.56. The third-order valence-electron chi connectivity index (χ3n) is 4.23. The lowest BCUT2D eigenvalue weighted by Crippen LogP contribution is -2.32. The van der Waals surface area contributed by atoms with E-state index in [9.17, 15) is 0 Å². The minimum absolute atomic E-state index is 0.613. The fourth-order valence-corrected chi connectivity index (χ4v) is 3.12. The second-order valence-corrected chi connectivity index (χ2v) is 5.10. The Balaban J connectivity index is 2.18. The van der Waals surface area contributed by atoms with Crippen LogP contribution in [-0.4, -0.2) is 24.8 Å². The van der Waals surface area contributed by atoms with Crippen molar-refractivity contribution >= 4 is 10.9 Å². The van der Waals surface area contributed by atoms with Crippen LogP contribution in [0.1, 0.15) is 17.7 Å². The van der Waals surface area contributed by atoms with Gasteiger partial charge in [0.2, 0.25) is 0 Å². The summed E-state index contributed by atoms with van der Waals surface area (Å²) < 4.78 is 7.68. The number of aryl methyl sites for hydroxylation is 2. The molecule has 0 spiro atoms. The SMILES string of the molecule is CNC1CCc2c(n(C)c3ccc(OC)cc23)C1. The van der Waals surface area contributed by atoms with E-state index in [2.05, 4.69) is 36.1 Å². The normalized spacial score (nSPS) is 18.9. The molecule has 0 fully saturated rings. The molecule has 1 aromatic carbocycles. The maximum atomic E-state index is 5.34. The molecule has 0 saturated carbocycles. The van der Waals surface area contributed by atoms with Gasteiger partial charge in [0.15, 0.2) is 0 Å². The third-order valence-corrected chi connectivity index (χ3v) is 4.23. The van der Waals surface area contributed by atoms with E-state index >= 15 is 0 Å². The summed E-state index contributed by atoms with van der Waals surface area (Å²) in [6, 6.07) is 7.00. The van der Waals surface area contributed by atoms with E-state index in [-0.39, 0.29) is 0 Å². The zero-order chi connectivity index (χ0) is 12.7.